The van der Waals surface area contributed by atoms with Crippen LogP contribution in [0.25, 0.3) is 10.1 Å². The Labute approximate surface area is 210 Å². The summed E-state index contributed by atoms with van der Waals surface area (Å²) in [5, 5.41) is 7.78. The number of thiophene rings is 1. The van der Waals surface area contributed by atoms with Gasteiger partial charge in [-0.05, 0) is 38.0 Å². The number of hydrogen-bond donors (Lipinski definition) is 2. The molecule has 0 spiro atoms. The Kier molecular flexibility index (Phi) is 6.91. The summed E-state index contributed by atoms with van der Waals surface area (Å²) in [4.78, 5) is 27.5. The molecule has 1 amide bonds. The number of aromatic nitrogens is 2. The summed E-state index contributed by atoms with van der Waals surface area (Å²) in [5.74, 6) is 1.51. The van der Waals surface area contributed by atoms with Crippen LogP contribution in [0, 0.1) is 0 Å². The van der Waals surface area contributed by atoms with Gasteiger partial charge >= 0.3 is 0 Å². The number of amides is 1. The van der Waals surface area contributed by atoms with Gasteiger partial charge in [-0.2, -0.15) is 0 Å². The Hall–Kier alpha value is -2.75. The number of fused-ring (bicyclic) bond motifs is 1. The molecule has 1 aliphatic heterocycles. The molecule has 4 heterocycles. The molecule has 1 saturated heterocycles. The van der Waals surface area contributed by atoms with Crippen molar-refractivity contribution in [3.63, 3.8) is 0 Å². The van der Waals surface area contributed by atoms with Gasteiger partial charge in [0.1, 0.15) is 11.6 Å². The van der Waals surface area contributed by atoms with Gasteiger partial charge in [0.2, 0.25) is 0 Å². The number of piperazine rings is 1. The fourth-order valence-corrected chi connectivity index (χ4v) is 6.43. The monoisotopic (exact) mass is 494 g/mol. The van der Waals surface area contributed by atoms with Gasteiger partial charge in [-0.3, -0.25) is 4.79 Å². The lowest BCUT2D eigenvalue weighted by atomic mass is 9.89. The van der Waals surface area contributed by atoms with E-state index >= 15 is 0 Å². The number of methoxy groups -OCH3 is 1. The van der Waals surface area contributed by atoms with Crippen molar-refractivity contribution in [2.75, 3.05) is 57.1 Å². The second-order valence-corrected chi connectivity index (χ2v) is 10.4. The summed E-state index contributed by atoms with van der Waals surface area (Å²) in [7, 11) is 3.63. The number of carbonyl (C=O) groups is 1. The zero-order valence-corrected chi connectivity index (χ0v) is 21.6. The van der Waals surface area contributed by atoms with E-state index in [1.165, 1.54) is 11.3 Å². The van der Waals surface area contributed by atoms with Gasteiger partial charge in [-0.15, -0.1) is 11.3 Å². The third kappa shape index (κ3) is 4.60. The average Bonchev–Trinajstić information content (AvgIpc) is 3.54. The molecule has 0 aromatic carbocycles. The van der Waals surface area contributed by atoms with Crippen molar-refractivity contribution < 1.29 is 9.53 Å². The maximum absolute atomic E-state index is 13.3. The molecule has 2 N–H and O–H groups in total. The number of nitrogens with zero attached hydrogens (tertiary/aromatic N) is 4. The smallest absolute Gasteiger partial charge is 0.264 e. The molecular formula is C26H34N6O2S. The predicted molar refractivity (Wildman–Crippen MR) is 142 cm³/mol. The highest BCUT2D eigenvalue weighted by atomic mass is 32.1. The fourth-order valence-electron chi connectivity index (χ4n) is 5.19. The molecule has 3 aromatic rings. The lowest BCUT2D eigenvalue weighted by Crippen LogP contribution is -2.43. The minimum Gasteiger partial charge on any atom is -0.373 e. The second kappa shape index (κ2) is 10.1. The molecule has 0 bridgehead atoms. The van der Waals surface area contributed by atoms with Gasteiger partial charge < -0.3 is 25.2 Å². The van der Waals surface area contributed by atoms with Crippen LogP contribution in [0.2, 0.25) is 0 Å². The molecule has 5 rings (SSSR count). The molecule has 0 unspecified atom stereocenters. The van der Waals surface area contributed by atoms with Crippen LogP contribution >= 0.6 is 11.3 Å². The topological polar surface area (TPSA) is 82.6 Å². The van der Waals surface area contributed by atoms with E-state index in [-0.39, 0.29) is 5.91 Å². The van der Waals surface area contributed by atoms with E-state index in [0.717, 1.165) is 83.9 Å². The minimum atomic E-state index is -0.431. The molecule has 0 radical (unpaired) electrons. The number of ether oxygens (including phenoxy) is 1. The molecule has 8 nitrogen and oxygen atoms in total. The number of nitrogens with one attached hydrogen (secondary N) is 2. The maximum Gasteiger partial charge on any atom is 0.264 e. The molecule has 3 aromatic heterocycles. The van der Waals surface area contributed by atoms with Crippen LogP contribution in [-0.2, 0) is 10.3 Å². The zero-order valence-electron chi connectivity index (χ0n) is 20.8. The van der Waals surface area contributed by atoms with Crippen molar-refractivity contribution in [2.24, 2.45) is 0 Å². The molecular weight excluding hydrogens is 460 g/mol. The summed E-state index contributed by atoms with van der Waals surface area (Å²) in [6.45, 7) is 6.62. The number of pyridine rings is 2. The first-order valence-corrected chi connectivity index (χ1v) is 13.3. The summed E-state index contributed by atoms with van der Waals surface area (Å²) in [6.07, 6.45) is 7.82. The number of carbonyl (C=O) groups excluding carboxylic acids is 1. The third-order valence-corrected chi connectivity index (χ3v) is 8.46. The van der Waals surface area contributed by atoms with E-state index in [9.17, 15) is 4.79 Å². The van der Waals surface area contributed by atoms with E-state index in [2.05, 4.69) is 37.6 Å². The van der Waals surface area contributed by atoms with Gasteiger partial charge in [-0.1, -0.05) is 12.8 Å². The SMILES string of the molecule is CCN(C)C(=O)c1sc2cnc(Nc3ccc(N4CCNCC4)cn3)cc2c1C1(OC)CCCC1. The summed E-state index contributed by atoms with van der Waals surface area (Å²) in [5.41, 5.74) is 1.72. The van der Waals surface area contributed by atoms with E-state index in [4.69, 9.17) is 4.74 Å². The molecule has 1 saturated carbocycles. The Morgan fingerprint density at radius 2 is 1.94 bits per heavy atom. The predicted octanol–water partition coefficient (Wildman–Crippen LogP) is 4.35. The Balaban J connectivity index is 1.49. The van der Waals surface area contributed by atoms with Gasteiger partial charge in [-0.25, -0.2) is 9.97 Å². The molecule has 186 valence electrons. The highest BCUT2D eigenvalue weighted by molar-refractivity contribution is 7.21. The van der Waals surface area contributed by atoms with Gasteiger partial charge in [0.25, 0.3) is 5.91 Å². The number of rotatable bonds is 7. The first-order valence-electron chi connectivity index (χ1n) is 12.5. The quantitative estimate of drug-likeness (QED) is 0.505. The molecule has 1 aliphatic carbocycles. The van der Waals surface area contributed by atoms with Crippen LogP contribution < -0.4 is 15.5 Å². The van der Waals surface area contributed by atoms with Crippen LogP contribution in [0.3, 0.4) is 0 Å². The fraction of sp³-hybridized carbons (Fsp3) is 0.500. The summed E-state index contributed by atoms with van der Waals surface area (Å²) < 4.78 is 7.16. The largest absolute Gasteiger partial charge is 0.373 e. The van der Waals surface area contributed by atoms with Crippen LogP contribution in [-0.4, -0.2) is 67.7 Å². The Morgan fingerprint density at radius 1 is 1.20 bits per heavy atom. The van der Waals surface area contributed by atoms with E-state index in [0.29, 0.717) is 12.4 Å². The van der Waals surface area contributed by atoms with Crippen LogP contribution in [0.1, 0.15) is 47.8 Å². The molecule has 2 aliphatic rings. The van der Waals surface area contributed by atoms with E-state index < -0.39 is 5.60 Å². The number of anilines is 3. The number of hydrogen-bond acceptors (Lipinski definition) is 8. The van der Waals surface area contributed by atoms with Crippen molar-refractivity contribution in [1.29, 1.82) is 0 Å². The normalized spacial score (nSPS) is 17.6. The molecule has 0 atom stereocenters. The Morgan fingerprint density at radius 3 is 2.60 bits per heavy atom. The lowest BCUT2D eigenvalue weighted by molar-refractivity contribution is -0.00791. The average molecular weight is 495 g/mol. The molecule has 9 heteroatoms. The zero-order chi connectivity index (χ0) is 24.4. The van der Waals surface area contributed by atoms with E-state index in [1.807, 2.05) is 32.4 Å². The first kappa shape index (κ1) is 24.0. The van der Waals surface area contributed by atoms with Crippen molar-refractivity contribution >= 4 is 44.7 Å². The lowest BCUT2D eigenvalue weighted by Gasteiger charge is -2.29. The third-order valence-electron chi connectivity index (χ3n) is 7.33. The second-order valence-electron chi connectivity index (χ2n) is 9.36. The Bertz CT molecular complexity index is 1180. The minimum absolute atomic E-state index is 0.0479. The van der Waals surface area contributed by atoms with Crippen LogP contribution in [0.4, 0.5) is 17.3 Å². The highest BCUT2D eigenvalue weighted by Crippen LogP contribution is 2.49. The van der Waals surface area contributed by atoms with Crippen molar-refractivity contribution in [2.45, 2.75) is 38.2 Å². The maximum atomic E-state index is 13.3. The van der Waals surface area contributed by atoms with Gasteiger partial charge in [0.15, 0.2) is 0 Å². The highest BCUT2D eigenvalue weighted by Gasteiger charge is 2.41. The summed E-state index contributed by atoms with van der Waals surface area (Å²) >= 11 is 1.52. The molecule has 2 fully saturated rings. The first-order chi connectivity index (χ1) is 17.0. The van der Waals surface area contributed by atoms with Crippen LogP contribution in [0.5, 0.6) is 0 Å². The van der Waals surface area contributed by atoms with Gasteiger partial charge in [0, 0.05) is 64.0 Å². The van der Waals surface area contributed by atoms with Crippen molar-refractivity contribution in [3.8, 4) is 0 Å². The van der Waals surface area contributed by atoms with E-state index in [1.54, 1.807) is 12.0 Å². The standard InChI is InChI=1S/C26H34N6O2S/c1-4-31(2)25(33)24-23(26(34-3)9-5-6-10-26)19-15-22(29-17-20(19)35-24)30-21-8-7-18(16-28-21)32-13-11-27-12-14-32/h7-8,15-17,27H,4-6,9-14H2,1-3H3,(H,28,29,30). The summed E-state index contributed by atoms with van der Waals surface area (Å²) in [6, 6.07) is 6.15. The van der Waals surface area contributed by atoms with Crippen molar-refractivity contribution in [3.05, 3.63) is 41.0 Å². The van der Waals surface area contributed by atoms with Crippen LogP contribution in [0.15, 0.2) is 30.6 Å². The molecule has 35 heavy (non-hydrogen) atoms. The van der Waals surface area contributed by atoms with Gasteiger partial charge in [0.05, 0.1) is 27.1 Å². The van der Waals surface area contributed by atoms with Crippen molar-refractivity contribution in [1.82, 2.24) is 20.2 Å².